The molecule has 0 fully saturated rings. The fourth-order valence-corrected chi connectivity index (χ4v) is 1.77. The number of amides is 1. The summed E-state index contributed by atoms with van der Waals surface area (Å²) in [6, 6.07) is 8.09. The van der Waals surface area contributed by atoms with Crippen LogP contribution in [0.25, 0.3) is 5.69 Å². The van der Waals surface area contributed by atoms with E-state index in [1.165, 1.54) is 0 Å². The highest BCUT2D eigenvalue weighted by Gasteiger charge is 2.04. The van der Waals surface area contributed by atoms with Gasteiger partial charge in [-0.15, -0.1) is 0 Å². The van der Waals surface area contributed by atoms with Crippen LogP contribution < -0.4 is 5.32 Å². The fourth-order valence-electron chi connectivity index (χ4n) is 1.77. The Morgan fingerprint density at radius 2 is 2.06 bits per heavy atom. The van der Waals surface area contributed by atoms with Crippen molar-refractivity contribution in [2.45, 2.75) is 19.9 Å². The molecule has 1 unspecified atom stereocenters. The first-order valence-electron chi connectivity index (χ1n) is 5.52. The average molecular weight is 229 g/mol. The number of nitrogens with zero attached hydrogens (tertiary/aromatic N) is 2. The highest BCUT2D eigenvalue weighted by atomic mass is 16.1. The number of aromatic nitrogens is 2. The molecule has 0 aliphatic carbocycles. The van der Waals surface area contributed by atoms with Crippen molar-refractivity contribution in [3.63, 3.8) is 0 Å². The van der Waals surface area contributed by atoms with Crippen LogP contribution in [-0.2, 0) is 4.79 Å². The largest absolute Gasteiger partial charge is 0.352 e. The van der Waals surface area contributed by atoms with Gasteiger partial charge >= 0.3 is 0 Å². The molecule has 4 heteroatoms. The van der Waals surface area contributed by atoms with Crippen LogP contribution in [0, 0.1) is 6.92 Å². The summed E-state index contributed by atoms with van der Waals surface area (Å²) in [6.07, 6.45) is 4.43. The second-order valence-corrected chi connectivity index (χ2v) is 3.94. The molecule has 2 aromatic rings. The lowest BCUT2D eigenvalue weighted by Gasteiger charge is -2.11. The predicted octanol–water partition coefficient (Wildman–Crippen LogP) is 1.99. The van der Waals surface area contributed by atoms with E-state index in [4.69, 9.17) is 0 Å². The Morgan fingerprint density at radius 3 is 2.59 bits per heavy atom. The zero-order valence-corrected chi connectivity index (χ0v) is 9.92. The van der Waals surface area contributed by atoms with Gasteiger partial charge in [-0.05, 0) is 31.5 Å². The summed E-state index contributed by atoms with van der Waals surface area (Å²) in [6.45, 7) is 3.91. The summed E-state index contributed by atoms with van der Waals surface area (Å²) in [4.78, 5) is 14.5. The number of rotatable bonds is 4. The molecular formula is C13H15N3O. The van der Waals surface area contributed by atoms with E-state index in [-0.39, 0.29) is 6.04 Å². The molecule has 2 rings (SSSR count). The van der Waals surface area contributed by atoms with Crippen molar-refractivity contribution in [1.29, 1.82) is 0 Å². The van der Waals surface area contributed by atoms with Crippen LogP contribution in [0.1, 0.15) is 24.4 Å². The number of imidazole rings is 1. The maximum atomic E-state index is 10.4. The Bertz CT molecular complexity index is 502. The lowest BCUT2D eigenvalue weighted by Crippen LogP contribution is -2.15. The minimum Gasteiger partial charge on any atom is -0.352 e. The monoisotopic (exact) mass is 229 g/mol. The first-order chi connectivity index (χ1) is 8.22. The summed E-state index contributed by atoms with van der Waals surface area (Å²) in [5.74, 6) is 0.955. The first-order valence-corrected chi connectivity index (χ1v) is 5.52. The molecule has 0 spiro atoms. The third-order valence-corrected chi connectivity index (χ3v) is 2.82. The number of carbonyl (C=O) groups is 1. The third kappa shape index (κ3) is 2.36. The Labute approximate surface area is 100 Å². The van der Waals surface area contributed by atoms with Crippen molar-refractivity contribution in [3.05, 3.63) is 48.0 Å². The Hall–Kier alpha value is -2.10. The second-order valence-electron chi connectivity index (χ2n) is 3.94. The molecule has 0 radical (unpaired) electrons. The number of aryl methyl sites for hydroxylation is 1. The van der Waals surface area contributed by atoms with Gasteiger partial charge < -0.3 is 9.88 Å². The zero-order chi connectivity index (χ0) is 12.3. The van der Waals surface area contributed by atoms with E-state index in [0.29, 0.717) is 0 Å². The molecule has 0 aliphatic heterocycles. The van der Waals surface area contributed by atoms with Crippen LogP contribution in [0.5, 0.6) is 0 Å². The Kier molecular flexibility index (Phi) is 3.23. The van der Waals surface area contributed by atoms with Gasteiger partial charge in [0.05, 0.1) is 6.04 Å². The van der Waals surface area contributed by atoms with Crippen LogP contribution in [0.4, 0.5) is 0 Å². The Morgan fingerprint density at radius 1 is 1.35 bits per heavy atom. The van der Waals surface area contributed by atoms with Crippen molar-refractivity contribution in [1.82, 2.24) is 14.9 Å². The molecule has 1 heterocycles. The molecule has 4 nitrogen and oxygen atoms in total. The summed E-state index contributed by atoms with van der Waals surface area (Å²) >= 11 is 0. The molecule has 0 saturated heterocycles. The van der Waals surface area contributed by atoms with Gasteiger partial charge in [0, 0.05) is 18.1 Å². The average Bonchev–Trinajstić information content (AvgIpc) is 2.76. The zero-order valence-electron chi connectivity index (χ0n) is 9.92. The fraction of sp³-hybridized carbons (Fsp3) is 0.231. The molecule has 0 saturated carbocycles. The lowest BCUT2D eigenvalue weighted by atomic mass is 10.1. The van der Waals surface area contributed by atoms with E-state index in [2.05, 4.69) is 10.3 Å². The van der Waals surface area contributed by atoms with Crippen molar-refractivity contribution >= 4 is 6.41 Å². The van der Waals surface area contributed by atoms with Gasteiger partial charge in [0.1, 0.15) is 5.82 Å². The van der Waals surface area contributed by atoms with Crippen molar-refractivity contribution in [3.8, 4) is 5.69 Å². The Balaban J connectivity index is 2.24. The molecule has 1 amide bonds. The molecule has 1 aromatic carbocycles. The molecule has 17 heavy (non-hydrogen) atoms. The van der Waals surface area contributed by atoms with Gasteiger partial charge in [-0.2, -0.15) is 0 Å². The highest BCUT2D eigenvalue weighted by molar-refractivity contribution is 5.48. The van der Waals surface area contributed by atoms with Crippen molar-refractivity contribution < 1.29 is 4.79 Å². The number of hydrogen-bond donors (Lipinski definition) is 1. The van der Waals surface area contributed by atoms with E-state index >= 15 is 0 Å². The molecule has 1 N–H and O–H groups in total. The van der Waals surface area contributed by atoms with E-state index < -0.39 is 0 Å². The predicted molar refractivity (Wildman–Crippen MR) is 65.9 cm³/mol. The van der Waals surface area contributed by atoms with Gasteiger partial charge in [0.2, 0.25) is 6.41 Å². The van der Waals surface area contributed by atoms with Gasteiger partial charge in [-0.25, -0.2) is 4.98 Å². The first kappa shape index (κ1) is 11.4. The van der Waals surface area contributed by atoms with Crippen LogP contribution in [0.3, 0.4) is 0 Å². The van der Waals surface area contributed by atoms with Crippen LogP contribution in [0.2, 0.25) is 0 Å². The van der Waals surface area contributed by atoms with Crippen LogP contribution in [-0.4, -0.2) is 16.0 Å². The van der Waals surface area contributed by atoms with Crippen molar-refractivity contribution in [2.75, 3.05) is 0 Å². The van der Waals surface area contributed by atoms with Crippen molar-refractivity contribution in [2.24, 2.45) is 0 Å². The van der Waals surface area contributed by atoms with E-state index in [9.17, 15) is 4.79 Å². The summed E-state index contributed by atoms with van der Waals surface area (Å²) in [7, 11) is 0. The SMILES string of the molecule is Cc1nccn1-c1ccc(C(C)NC=O)cc1. The van der Waals surface area contributed by atoms with Gasteiger partial charge in [0.15, 0.2) is 0 Å². The highest BCUT2D eigenvalue weighted by Crippen LogP contribution is 2.16. The van der Waals surface area contributed by atoms with E-state index in [1.54, 1.807) is 6.20 Å². The van der Waals surface area contributed by atoms with Gasteiger partial charge in [-0.1, -0.05) is 12.1 Å². The number of hydrogen-bond acceptors (Lipinski definition) is 2. The standard InChI is InChI=1S/C13H15N3O/c1-10(15-9-17)12-3-5-13(6-4-12)16-8-7-14-11(16)2/h3-10H,1-2H3,(H,15,17). The minimum atomic E-state index is 0.0328. The summed E-state index contributed by atoms with van der Waals surface area (Å²) < 4.78 is 2.02. The maximum Gasteiger partial charge on any atom is 0.207 e. The van der Waals surface area contributed by atoms with E-state index in [0.717, 1.165) is 23.5 Å². The quantitative estimate of drug-likeness (QED) is 0.815. The maximum absolute atomic E-state index is 10.4. The second kappa shape index (κ2) is 4.82. The normalized spacial score (nSPS) is 12.1. The molecule has 88 valence electrons. The number of benzene rings is 1. The topological polar surface area (TPSA) is 46.9 Å². The molecule has 1 atom stereocenters. The third-order valence-electron chi connectivity index (χ3n) is 2.82. The molecule has 0 aliphatic rings. The molecule has 1 aromatic heterocycles. The molecule has 0 bridgehead atoms. The minimum absolute atomic E-state index is 0.0328. The lowest BCUT2D eigenvalue weighted by molar-refractivity contribution is -0.110. The number of nitrogens with one attached hydrogen (secondary N) is 1. The summed E-state index contributed by atoms with van der Waals surface area (Å²) in [5, 5.41) is 2.73. The molecular weight excluding hydrogens is 214 g/mol. The smallest absolute Gasteiger partial charge is 0.207 e. The summed E-state index contributed by atoms with van der Waals surface area (Å²) in [5.41, 5.74) is 2.15. The van der Waals surface area contributed by atoms with Crippen LogP contribution in [0.15, 0.2) is 36.7 Å². The van der Waals surface area contributed by atoms with E-state index in [1.807, 2.05) is 48.9 Å². The van der Waals surface area contributed by atoms with Gasteiger partial charge in [-0.3, -0.25) is 4.79 Å². The van der Waals surface area contributed by atoms with Gasteiger partial charge in [0.25, 0.3) is 0 Å². The van der Waals surface area contributed by atoms with Crippen LogP contribution >= 0.6 is 0 Å². The number of carbonyl (C=O) groups excluding carboxylic acids is 1.